The lowest BCUT2D eigenvalue weighted by molar-refractivity contribution is 0.0746. The highest BCUT2D eigenvalue weighted by Gasteiger charge is 2.23. The molecular formula is C26H24N4O. The summed E-state index contributed by atoms with van der Waals surface area (Å²) in [4.78, 5) is 16.9. The summed E-state index contributed by atoms with van der Waals surface area (Å²) in [7, 11) is 0. The van der Waals surface area contributed by atoms with Crippen LogP contribution in [-0.2, 0) is 0 Å². The summed E-state index contributed by atoms with van der Waals surface area (Å²) < 4.78 is 0. The summed E-state index contributed by atoms with van der Waals surface area (Å²) in [5.74, 6) is 0.951. The molecule has 5 heteroatoms. The Hall–Kier alpha value is -3.73. The number of benzene rings is 3. The maximum Gasteiger partial charge on any atom is 0.253 e. The number of piperazine rings is 1. The molecule has 1 aliphatic heterocycles. The summed E-state index contributed by atoms with van der Waals surface area (Å²) in [5, 5.41) is 11.4. The summed E-state index contributed by atoms with van der Waals surface area (Å²) in [6.07, 6.45) is 0. The fourth-order valence-corrected chi connectivity index (χ4v) is 4.19. The van der Waals surface area contributed by atoms with E-state index in [1.165, 1.54) is 10.8 Å². The highest BCUT2D eigenvalue weighted by molar-refractivity contribution is 5.96. The number of fused-ring (bicyclic) bond motifs is 1. The van der Waals surface area contributed by atoms with Crippen LogP contribution in [0.2, 0.25) is 0 Å². The van der Waals surface area contributed by atoms with E-state index in [0.29, 0.717) is 13.1 Å². The predicted octanol–water partition coefficient (Wildman–Crippen LogP) is 4.57. The molecule has 0 aliphatic carbocycles. The molecule has 5 rings (SSSR count). The molecule has 0 radical (unpaired) electrons. The van der Waals surface area contributed by atoms with Crippen LogP contribution in [0, 0.1) is 6.92 Å². The van der Waals surface area contributed by atoms with E-state index in [2.05, 4.69) is 45.4 Å². The Kier molecular flexibility index (Phi) is 5.08. The van der Waals surface area contributed by atoms with Crippen LogP contribution in [-0.4, -0.2) is 47.2 Å². The van der Waals surface area contributed by atoms with Gasteiger partial charge >= 0.3 is 0 Å². The van der Waals surface area contributed by atoms with Gasteiger partial charge in [0.25, 0.3) is 5.91 Å². The number of hydrogen-bond acceptors (Lipinski definition) is 4. The minimum absolute atomic E-state index is 0.0979. The molecule has 1 fully saturated rings. The van der Waals surface area contributed by atoms with Gasteiger partial charge in [0, 0.05) is 37.3 Å². The minimum Gasteiger partial charge on any atom is -0.352 e. The van der Waals surface area contributed by atoms with Crippen molar-refractivity contribution in [1.82, 2.24) is 15.1 Å². The average molecular weight is 409 g/mol. The minimum atomic E-state index is 0.0979. The summed E-state index contributed by atoms with van der Waals surface area (Å²) in [5.41, 5.74) is 3.82. The number of carbonyl (C=O) groups is 1. The van der Waals surface area contributed by atoms with Crippen LogP contribution in [0.3, 0.4) is 0 Å². The standard InChI is InChI=1S/C26H24N4O/c1-19-6-4-9-21(18-19)26(31)30-16-14-29(15-17-30)25-13-12-24(27-28-25)23-11-5-8-20-7-2-3-10-22(20)23/h2-13,18H,14-17H2,1H3. The SMILES string of the molecule is Cc1cccc(C(=O)N2CCN(c3ccc(-c4cccc5ccccc45)nn3)CC2)c1. The Morgan fingerprint density at radius 1 is 0.806 bits per heavy atom. The third kappa shape index (κ3) is 3.87. The van der Waals surface area contributed by atoms with E-state index >= 15 is 0 Å². The Balaban J connectivity index is 1.29. The summed E-state index contributed by atoms with van der Waals surface area (Å²) in [6, 6.07) is 26.4. The zero-order valence-electron chi connectivity index (χ0n) is 17.5. The van der Waals surface area contributed by atoms with Crippen LogP contribution in [0.4, 0.5) is 5.82 Å². The smallest absolute Gasteiger partial charge is 0.253 e. The molecule has 0 spiro atoms. The maximum atomic E-state index is 12.8. The van der Waals surface area contributed by atoms with Gasteiger partial charge in [-0.25, -0.2) is 0 Å². The van der Waals surface area contributed by atoms with E-state index in [-0.39, 0.29) is 5.91 Å². The predicted molar refractivity (Wildman–Crippen MR) is 124 cm³/mol. The molecule has 4 aromatic rings. The second-order valence-electron chi connectivity index (χ2n) is 7.95. The number of amides is 1. The van der Waals surface area contributed by atoms with Crippen molar-refractivity contribution in [3.63, 3.8) is 0 Å². The molecule has 0 bridgehead atoms. The van der Waals surface area contributed by atoms with Gasteiger partial charge in [-0.3, -0.25) is 4.79 Å². The first-order chi connectivity index (χ1) is 15.2. The third-order valence-corrected chi connectivity index (χ3v) is 5.87. The number of nitrogens with zero attached hydrogens (tertiary/aromatic N) is 4. The first-order valence-electron chi connectivity index (χ1n) is 10.6. The zero-order valence-corrected chi connectivity index (χ0v) is 17.5. The number of carbonyl (C=O) groups excluding carboxylic acids is 1. The average Bonchev–Trinajstić information content (AvgIpc) is 2.83. The topological polar surface area (TPSA) is 49.3 Å². The van der Waals surface area contributed by atoms with Gasteiger partial charge in [0.15, 0.2) is 5.82 Å². The van der Waals surface area contributed by atoms with Gasteiger partial charge < -0.3 is 9.80 Å². The van der Waals surface area contributed by atoms with Gasteiger partial charge in [0.05, 0.1) is 5.69 Å². The normalized spacial score (nSPS) is 14.1. The van der Waals surface area contributed by atoms with Crippen molar-refractivity contribution in [3.8, 4) is 11.3 Å². The third-order valence-electron chi connectivity index (χ3n) is 5.87. The van der Waals surface area contributed by atoms with Crippen molar-refractivity contribution in [2.75, 3.05) is 31.1 Å². The summed E-state index contributed by atoms with van der Waals surface area (Å²) >= 11 is 0. The fourth-order valence-electron chi connectivity index (χ4n) is 4.19. The molecule has 0 saturated carbocycles. The second-order valence-corrected chi connectivity index (χ2v) is 7.95. The lowest BCUT2D eigenvalue weighted by Crippen LogP contribution is -2.49. The van der Waals surface area contributed by atoms with Crippen molar-refractivity contribution in [3.05, 3.63) is 90.0 Å². The van der Waals surface area contributed by atoms with Gasteiger partial charge in [-0.1, -0.05) is 60.2 Å². The van der Waals surface area contributed by atoms with Crippen LogP contribution >= 0.6 is 0 Å². The van der Waals surface area contributed by atoms with Gasteiger partial charge in [-0.15, -0.1) is 10.2 Å². The Morgan fingerprint density at radius 3 is 2.35 bits per heavy atom. The number of hydrogen-bond donors (Lipinski definition) is 0. The first kappa shape index (κ1) is 19.2. The first-order valence-corrected chi connectivity index (χ1v) is 10.6. The van der Waals surface area contributed by atoms with E-state index in [1.54, 1.807) is 0 Å². The van der Waals surface area contributed by atoms with E-state index in [0.717, 1.165) is 41.3 Å². The van der Waals surface area contributed by atoms with Gasteiger partial charge in [0.2, 0.25) is 0 Å². The van der Waals surface area contributed by atoms with Gasteiger partial charge in [-0.2, -0.15) is 0 Å². The molecular weight excluding hydrogens is 384 g/mol. The van der Waals surface area contributed by atoms with Crippen LogP contribution < -0.4 is 4.90 Å². The molecule has 154 valence electrons. The largest absolute Gasteiger partial charge is 0.352 e. The Bertz CT molecular complexity index is 1220. The molecule has 2 heterocycles. The highest BCUT2D eigenvalue weighted by atomic mass is 16.2. The fraction of sp³-hybridized carbons (Fsp3) is 0.192. The van der Waals surface area contributed by atoms with Gasteiger partial charge in [0.1, 0.15) is 0 Å². The monoisotopic (exact) mass is 408 g/mol. The molecule has 0 N–H and O–H groups in total. The van der Waals surface area contributed by atoms with Crippen LogP contribution in [0.5, 0.6) is 0 Å². The zero-order chi connectivity index (χ0) is 21.2. The van der Waals surface area contributed by atoms with E-state index < -0.39 is 0 Å². The van der Waals surface area contributed by atoms with Crippen molar-refractivity contribution in [2.24, 2.45) is 0 Å². The van der Waals surface area contributed by atoms with E-state index in [9.17, 15) is 4.79 Å². The van der Waals surface area contributed by atoms with Crippen LogP contribution in [0.15, 0.2) is 78.9 Å². The number of aryl methyl sites for hydroxylation is 1. The number of aromatic nitrogens is 2. The number of anilines is 1. The van der Waals surface area contributed by atoms with Crippen molar-refractivity contribution >= 4 is 22.5 Å². The van der Waals surface area contributed by atoms with Crippen molar-refractivity contribution in [2.45, 2.75) is 6.92 Å². The Labute approximate surface area is 182 Å². The molecule has 1 aromatic heterocycles. The molecule has 1 aliphatic rings. The lowest BCUT2D eigenvalue weighted by Gasteiger charge is -2.35. The maximum absolute atomic E-state index is 12.8. The molecule has 0 atom stereocenters. The molecule has 1 amide bonds. The second kappa shape index (κ2) is 8.19. The molecule has 3 aromatic carbocycles. The molecule has 0 unspecified atom stereocenters. The Morgan fingerprint density at radius 2 is 1.58 bits per heavy atom. The molecule has 5 nitrogen and oxygen atoms in total. The van der Waals surface area contributed by atoms with Gasteiger partial charge in [-0.05, 0) is 42.0 Å². The number of rotatable bonds is 3. The van der Waals surface area contributed by atoms with Crippen LogP contribution in [0.25, 0.3) is 22.0 Å². The summed E-state index contributed by atoms with van der Waals surface area (Å²) in [6.45, 7) is 4.87. The van der Waals surface area contributed by atoms with E-state index in [4.69, 9.17) is 0 Å². The van der Waals surface area contributed by atoms with E-state index in [1.807, 2.05) is 60.4 Å². The quantitative estimate of drug-likeness (QED) is 0.498. The van der Waals surface area contributed by atoms with Crippen molar-refractivity contribution < 1.29 is 4.79 Å². The molecule has 31 heavy (non-hydrogen) atoms. The lowest BCUT2D eigenvalue weighted by atomic mass is 10.0. The highest BCUT2D eigenvalue weighted by Crippen LogP contribution is 2.27. The van der Waals surface area contributed by atoms with Crippen molar-refractivity contribution in [1.29, 1.82) is 0 Å². The molecule has 1 saturated heterocycles. The van der Waals surface area contributed by atoms with Crippen LogP contribution in [0.1, 0.15) is 15.9 Å².